The zero-order valence-electron chi connectivity index (χ0n) is 22.5. The van der Waals surface area contributed by atoms with Crippen LogP contribution in [0, 0.1) is 0 Å². The number of nitrogens with two attached hydrogens (primary N) is 2. The Labute approximate surface area is 261 Å². The molecule has 7 rings (SSSR count). The third-order valence-corrected chi connectivity index (χ3v) is 11.0. The van der Waals surface area contributed by atoms with Gasteiger partial charge in [0.25, 0.3) is 5.56 Å². The monoisotopic (exact) mass is 702 g/mol. The molecule has 0 saturated carbocycles. The van der Waals surface area contributed by atoms with E-state index in [9.17, 15) is 24.5 Å². The van der Waals surface area contributed by atoms with Gasteiger partial charge in [-0.25, -0.2) is 19.9 Å². The van der Waals surface area contributed by atoms with Crippen LogP contribution in [-0.2, 0) is 47.1 Å². The van der Waals surface area contributed by atoms with Gasteiger partial charge in [-0.15, -0.1) is 0 Å². The van der Waals surface area contributed by atoms with Crippen LogP contribution in [0.1, 0.15) is 12.5 Å². The van der Waals surface area contributed by atoms with Crippen molar-refractivity contribution in [2.24, 2.45) is 0 Å². The second-order valence-corrected chi connectivity index (χ2v) is 16.3. The average Bonchev–Trinajstić information content (AvgIpc) is 3.72. The highest BCUT2D eigenvalue weighted by Crippen LogP contribution is 2.47. The number of hydrogen-bond acceptors (Lipinski definition) is 18. The van der Waals surface area contributed by atoms with Crippen molar-refractivity contribution in [3.05, 3.63) is 29.3 Å². The molecule has 4 aromatic heterocycles. The smallest absolute Gasteiger partial charge is 0.280 e. The quantitative estimate of drug-likeness (QED) is 0.0801. The number of ether oxygens (including phenoxy) is 2. The lowest BCUT2D eigenvalue weighted by atomic mass is 10.1. The molecule has 3 saturated heterocycles. The summed E-state index contributed by atoms with van der Waals surface area (Å²) in [6.07, 6.45) is -3.85. The lowest BCUT2D eigenvalue weighted by Gasteiger charge is -2.38. The first-order chi connectivity index (χ1) is 21.3. The summed E-state index contributed by atoms with van der Waals surface area (Å²) < 4.78 is 39.3. The van der Waals surface area contributed by atoms with Gasteiger partial charge in [0.15, 0.2) is 35.1 Å². The molecule has 9 N–H and O–H groups in total. The van der Waals surface area contributed by atoms with Crippen molar-refractivity contribution in [2.75, 3.05) is 24.7 Å². The predicted molar refractivity (Wildman–Crippen MR) is 157 cm³/mol. The summed E-state index contributed by atoms with van der Waals surface area (Å²) in [5, 5.41) is 27.8. The molecule has 25 heteroatoms. The highest BCUT2D eigenvalue weighted by Gasteiger charge is 2.49. The molecule has 0 spiro atoms. The Morgan fingerprint density at radius 2 is 1.56 bits per heavy atom. The fraction of sp³-hybridized carbons (Fsp3) is 0.500. The number of rotatable bonds is 2. The molecule has 3 aliphatic rings. The van der Waals surface area contributed by atoms with Crippen LogP contribution in [0.3, 0.4) is 0 Å². The van der Waals surface area contributed by atoms with E-state index in [4.69, 9.17) is 54.0 Å². The minimum Gasteiger partial charge on any atom is -0.789 e. The van der Waals surface area contributed by atoms with Crippen LogP contribution in [-0.4, -0.2) is 99.0 Å². The molecule has 21 nitrogen and oxygen atoms in total. The van der Waals surface area contributed by atoms with E-state index in [0.29, 0.717) is 0 Å². The summed E-state index contributed by atoms with van der Waals surface area (Å²) in [6.45, 7) is -9.29. The fourth-order valence-electron chi connectivity index (χ4n) is 5.52. The number of aromatic nitrogens is 8. The van der Waals surface area contributed by atoms with Crippen molar-refractivity contribution in [1.82, 2.24) is 49.2 Å². The van der Waals surface area contributed by atoms with Gasteiger partial charge in [-0.3, -0.25) is 29.1 Å². The van der Waals surface area contributed by atoms with E-state index in [1.54, 1.807) is 0 Å². The predicted octanol–water partition coefficient (Wildman–Crippen LogP) is -3.16. The van der Waals surface area contributed by atoms with E-state index < -0.39 is 81.1 Å². The molecule has 2 unspecified atom stereocenters. The molecule has 0 amide bonds. The number of aromatic amines is 1. The average molecular weight is 703 g/mol. The zero-order valence-corrected chi connectivity index (χ0v) is 25.9. The summed E-state index contributed by atoms with van der Waals surface area (Å²) in [7, 11) is 0. The maximum atomic E-state index is 13.5. The van der Waals surface area contributed by atoms with E-state index in [1.165, 1.54) is 28.1 Å². The molecule has 0 aliphatic carbocycles. The number of nitrogen functional groups attached to an aromatic ring is 2. The maximum absolute atomic E-state index is 13.5. The van der Waals surface area contributed by atoms with Crippen LogP contribution < -0.4 is 32.1 Å². The van der Waals surface area contributed by atoms with E-state index in [0.717, 1.165) is 0 Å². The van der Waals surface area contributed by atoms with E-state index in [1.807, 2.05) is 0 Å². The summed E-state index contributed by atoms with van der Waals surface area (Å²) in [6, 6.07) is -2.39. The third-order valence-electron chi connectivity index (χ3n) is 7.57. The van der Waals surface area contributed by atoms with Gasteiger partial charge in [0, 0.05) is 0 Å². The van der Waals surface area contributed by atoms with Gasteiger partial charge in [-0.05, 0) is 0 Å². The van der Waals surface area contributed by atoms with Gasteiger partial charge in [-0.2, -0.15) is 4.98 Å². The summed E-state index contributed by atoms with van der Waals surface area (Å²) >= 11 is 10.5. The molecular weight excluding hydrogens is 678 g/mol. The molecule has 45 heavy (non-hydrogen) atoms. The third kappa shape index (κ3) is 5.56. The number of imidazole rings is 2. The number of aliphatic hydroxyl groups excluding tert-OH is 2. The molecule has 0 bridgehead atoms. The second kappa shape index (κ2) is 11.3. The Morgan fingerprint density at radius 1 is 0.956 bits per heavy atom. The summed E-state index contributed by atoms with van der Waals surface area (Å²) in [5.74, 6) is -0.0969. The van der Waals surface area contributed by atoms with Crippen LogP contribution in [0.15, 0.2) is 23.8 Å². The molecule has 0 aromatic carbocycles. The summed E-state index contributed by atoms with van der Waals surface area (Å²) in [4.78, 5) is 48.4. The van der Waals surface area contributed by atoms with Crippen molar-refractivity contribution in [3.63, 3.8) is 0 Å². The molecule has 7 heterocycles. The molecule has 10 atom stereocenters. The highest BCUT2D eigenvalue weighted by molar-refractivity contribution is 8.33. The van der Waals surface area contributed by atoms with E-state index in [2.05, 4.69) is 40.1 Å². The minimum absolute atomic E-state index is 0.000263. The number of nitrogens with one attached hydrogen (secondary N) is 3. The number of hydrogen-bond donors (Lipinski definition) is 7. The van der Waals surface area contributed by atoms with Crippen LogP contribution in [0.5, 0.6) is 0 Å². The second-order valence-electron chi connectivity index (χ2n) is 10.4. The van der Waals surface area contributed by atoms with Gasteiger partial charge in [0.1, 0.15) is 43.0 Å². The Bertz CT molecular complexity index is 1940. The number of nitrogens with zero attached hydrogens (tertiary/aromatic N) is 7. The number of fused-ring (bicyclic) bond motifs is 4. The topological polar surface area (TPSA) is 301 Å². The molecule has 4 aromatic rings. The first kappa shape index (κ1) is 31.0. The molecule has 3 fully saturated rings. The first-order valence-electron chi connectivity index (χ1n) is 13.1. The van der Waals surface area contributed by atoms with Gasteiger partial charge in [0.05, 0.1) is 44.6 Å². The van der Waals surface area contributed by atoms with E-state index in [-0.39, 0.29) is 34.1 Å². The molecule has 242 valence electrons. The summed E-state index contributed by atoms with van der Waals surface area (Å²) in [5.41, 5.74) is 11.4. The fourth-order valence-corrected chi connectivity index (χ4v) is 8.82. The highest BCUT2D eigenvalue weighted by atomic mass is 32.7. The number of aliphatic hydroxyl groups is 2. The minimum atomic E-state index is -4.16. The van der Waals surface area contributed by atoms with Crippen molar-refractivity contribution in [2.45, 2.75) is 49.0 Å². The van der Waals surface area contributed by atoms with Crippen molar-refractivity contribution < 1.29 is 38.2 Å². The lowest BCUT2D eigenvalue weighted by Crippen LogP contribution is -2.49. The Morgan fingerprint density at radius 3 is 2.24 bits per heavy atom. The zero-order chi connectivity index (χ0) is 31.8. The Hall–Kier alpha value is -2.63. The number of anilines is 2. The van der Waals surface area contributed by atoms with Gasteiger partial charge < -0.3 is 61.9 Å². The van der Waals surface area contributed by atoms with Crippen molar-refractivity contribution in [1.29, 1.82) is 0 Å². The Balaban J connectivity index is 1.17. The lowest BCUT2D eigenvalue weighted by molar-refractivity contribution is -0.190. The van der Waals surface area contributed by atoms with Crippen LogP contribution in [0.25, 0.3) is 22.3 Å². The molecule has 0 radical (unpaired) electrons. The van der Waals surface area contributed by atoms with Crippen LogP contribution >= 0.6 is 13.4 Å². The molecular formula is C20H24N12O9P2S2-2. The van der Waals surface area contributed by atoms with Crippen LogP contribution in [0.2, 0.25) is 0 Å². The largest absolute Gasteiger partial charge is 0.789 e. The van der Waals surface area contributed by atoms with E-state index >= 15 is 0 Å². The normalized spacial score (nSPS) is 37.7. The van der Waals surface area contributed by atoms with Crippen molar-refractivity contribution >= 4 is 71.5 Å². The first-order valence-corrected chi connectivity index (χ1v) is 18.4. The van der Waals surface area contributed by atoms with Gasteiger partial charge in [0.2, 0.25) is 5.95 Å². The standard InChI is InChI=1S/C20H26N12O9P2S2/c21-14-10-15(24-3-23-14)31(4-25-10)18-12(33)8-6(40-18)1-38-43(37,45)30-9-7(2-39-42(36,44)29-8)41-19(13(9)34)32-5-26-11-16(32)27-20(22)28-17(11)35/h3-9,12-13,18-19,33-34H,1-2H2,(H2,21,23,24)(H2,29,36,44)(H2,30,37,45)(H3,22,27,28,35)/p-2/t6-,7-,8-,9-,12-,13-,18-,19-,42?,43?/m1/s1. The van der Waals surface area contributed by atoms with Crippen molar-refractivity contribution in [3.8, 4) is 0 Å². The Kier molecular flexibility index (Phi) is 7.76. The maximum Gasteiger partial charge on any atom is 0.280 e. The van der Waals surface area contributed by atoms with Gasteiger partial charge in [-0.1, -0.05) is 11.8 Å². The van der Waals surface area contributed by atoms with Crippen LogP contribution in [0.4, 0.5) is 11.8 Å². The number of H-pyrrole nitrogens is 1. The molecule has 3 aliphatic heterocycles. The SMILES string of the molecule is Nc1nc2c(ncn2[C@@H]2O[C@@H]3COP([O-])(=S)N[C@H]4[C@@H](O)[C@H](n5cnc6c(N)ncnc65)O[C@@H]4COP(=O)([S-])N[C@H]3[C@H]2O)c(=O)[nH]1. The van der Waals surface area contributed by atoms with Gasteiger partial charge >= 0.3 is 0 Å².